The van der Waals surface area contributed by atoms with Crippen LogP contribution in [-0.2, 0) is 14.3 Å². The number of carboxylic acids is 1. The number of hydrogen-bond donors (Lipinski definition) is 1. The second-order valence-electron chi connectivity index (χ2n) is 6.16. The second kappa shape index (κ2) is 7.39. The maximum Gasteiger partial charge on any atom is 0.305 e. The number of ketones is 1. The highest BCUT2D eigenvalue weighted by atomic mass is 16.6. The summed E-state index contributed by atoms with van der Waals surface area (Å²) in [6.07, 6.45) is -1.45. The summed E-state index contributed by atoms with van der Waals surface area (Å²) < 4.78 is 5.25. The van der Waals surface area contributed by atoms with Crippen molar-refractivity contribution in [1.82, 2.24) is 0 Å². The van der Waals surface area contributed by atoms with Gasteiger partial charge < -0.3 is 14.9 Å². The van der Waals surface area contributed by atoms with E-state index in [0.717, 1.165) is 22.3 Å². The zero-order chi connectivity index (χ0) is 18.7. The number of rotatable bonds is 6. The van der Waals surface area contributed by atoms with Crippen LogP contribution in [0.5, 0.6) is 0 Å². The number of benzene rings is 2. The summed E-state index contributed by atoms with van der Waals surface area (Å²) in [6, 6.07) is 14.6. The first-order valence-electron chi connectivity index (χ1n) is 8.25. The van der Waals surface area contributed by atoms with E-state index in [0.29, 0.717) is 0 Å². The monoisotopic (exact) mass is 352 g/mol. The van der Waals surface area contributed by atoms with E-state index in [2.05, 4.69) is 4.99 Å². The lowest BCUT2D eigenvalue weighted by Gasteiger charge is -2.21. The fraction of sp³-hybridized carbons (Fsp3) is 0.250. The molecule has 2 aromatic rings. The van der Waals surface area contributed by atoms with E-state index in [1.165, 1.54) is 6.92 Å². The van der Waals surface area contributed by atoms with Crippen molar-refractivity contribution in [3.63, 3.8) is 0 Å². The van der Waals surface area contributed by atoms with Gasteiger partial charge >= 0.3 is 5.97 Å². The fourth-order valence-corrected chi connectivity index (χ4v) is 3.20. The van der Waals surface area contributed by atoms with Gasteiger partial charge in [0.1, 0.15) is 12.1 Å². The third-order valence-electron chi connectivity index (χ3n) is 4.43. The van der Waals surface area contributed by atoms with Crippen LogP contribution in [0.15, 0.2) is 53.5 Å². The summed E-state index contributed by atoms with van der Waals surface area (Å²) >= 11 is 0. The molecular formula is C20H18NO5-. The van der Waals surface area contributed by atoms with Crippen molar-refractivity contribution in [3.8, 4) is 11.1 Å². The SMILES string of the molecule is CC(=O)C(CC(=O)O)N=C([O-])OCC1c2ccccc2-c2ccccc21. The number of ether oxygens (including phenoxy) is 1. The van der Waals surface area contributed by atoms with Gasteiger partial charge in [0, 0.05) is 12.5 Å². The molecule has 0 fully saturated rings. The third-order valence-corrected chi connectivity index (χ3v) is 4.43. The molecule has 0 aromatic heterocycles. The molecule has 0 heterocycles. The summed E-state index contributed by atoms with van der Waals surface area (Å²) in [5.41, 5.74) is 4.34. The van der Waals surface area contributed by atoms with Gasteiger partial charge in [-0.2, -0.15) is 0 Å². The van der Waals surface area contributed by atoms with Crippen LogP contribution in [0.1, 0.15) is 30.4 Å². The maximum atomic E-state index is 12.0. The number of hydrogen-bond acceptors (Lipinski definition) is 5. The zero-order valence-corrected chi connectivity index (χ0v) is 14.2. The van der Waals surface area contributed by atoms with Crippen LogP contribution in [-0.4, -0.2) is 35.6 Å². The van der Waals surface area contributed by atoms with Crippen LogP contribution >= 0.6 is 0 Å². The van der Waals surface area contributed by atoms with Gasteiger partial charge in [0.15, 0.2) is 5.78 Å². The fourth-order valence-electron chi connectivity index (χ4n) is 3.20. The van der Waals surface area contributed by atoms with Crippen LogP contribution in [0.3, 0.4) is 0 Å². The molecule has 26 heavy (non-hydrogen) atoms. The summed E-state index contributed by atoms with van der Waals surface area (Å²) in [5, 5.41) is 20.8. The highest BCUT2D eigenvalue weighted by molar-refractivity contribution is 5.87. The average molecular weight is 352 g/mol. The van der Waals surface area contributed by atoms with Crippen LogP contribution in [0.25, 0.3) is 11.1 Å². The molecule has 2 aromatic carbocycles. The Balaban J connectivity index is 1.78. The molecule has 1 aliphatic rings. The molecular weight excluding hydrogens is 334 g/mol. The van der Waals surface area contributed by atoms with Gasteiger partial charge in [0.2, 0.25) is 0 Å². The van der Waals surface area contributed by atoms with Crippen molar-refractivity contribution >= 4 is 17.8 Å². The Labute approximate surface area is 150 Å². The molecule has 3 rings (SSSR count). The van der Waals surface area contributed by atoms with E-state index in [9.17, 15) is 14.7 Å². The molecule has 6 heteroatoms. The van der Waals surface area contributed by atoms with Gasteiger partial charge in [-0.1, -0.05) is 48.5 Å². The lowest BCUT2D eigenvalue weighted by molar-refractivity contribution is -0.251. The lowest BCUT2D eigenvalue weighted by Crippen LogP contribution is -2.29. The van der Waals surface area contributed by atoms with Gasteiger partial charge in [-0.05, 0) is 29.2 Å². The minimum absolute atomic E-state index is 0.0774. The van der Waals surface area contributed by atoms with Gasteiger partial charge in [0.25, 0.3) is 0 Å². The molecule has 134 valence electrons. The van der Waals surface area contributed by atoms with E-state index in [4.69, 9.17) is 9.84 Å². The smallest absolute Gasteiger partial charge is 0.305 e. The minimum Gasteiger partial charge on any atom is -0.599 e. The normalized spacial score (nSPS) is 14.4. The van der Waals surface area contributed by atoms with Crippen molar-refractivity contribution < 1.29 is 24.5 Å². The van der Waals surface area contributed by atoms with E-state index >= 15 is 0 Å². The van der Waals surface area contributed by atoms with Crippen molar-refractivity contribution in [3.05, 3.63) is 59.7 Å². The molecule has 1 unspecified atom stereocenters. The number of aliphatic imine (C=N–C) groups is 1. The first kappa shape index (κ1) is 17.7. The summed E-state index contributed by atoms with van der Waals surface area (Å²) in [7, 11) is 0. The molecule has 0 amide bonds. The van der Waals surface area contributed by atoms with Crippen molar-refractivity contribution in [1.29, 1.82) is 0 Å². The third kappa shape index (κ3) is 3.59. The van der Waals surface area contributed by atoms with Gasteiger partial charge in [0.05, 0.1) is 6.42 Å². The average Bonchev–Trinajstić information content (AvgIpc) is 2.93. The number of carbonyl (C=O) groups excluding carboxylic acids is 1. The number of fused-ring (bicyclic) bond motifs is 3. The predicted molar refractivity (Wildman–Crippen MR) is 93.8 cm³/mol. The number of carboxylic acid groups (broad SMARTS) is 1. The van der Waals surface area contributed by atoms with E-state index in [1.807, 2.05) is 48.5 Å². The highest BCUT2D eigenvalue weighted by Gasteiger charge is 2.27. The Bertz CT molecular complexity index is 829. The predicted octanol–water partition coefficient (Wildman–Crippen LogP) is 1.96. The Morgan fingerprint density at radius 1 is 1.12 bits per heavy atom. The summed E-state index contributed by atoms with van der Waals surface area (Å²) in [4.78, 5) is 25.8. The topological polar surface area (TPSA) is 99.0 Å². The van der Waals surface area contributed by atoms with Crippen molar-refractivity contribution in [2.75, 3.05) is 6.61 Å². The Kier molecular flexibility index (Phi) is 5.02. The summed E-state index contributed by atoms with van der Waals surface area (Å²) in [5.74, 6) is -1.79. The lowest BCUT2D eigenvalue weighted by atomic mass is 9.98. The first-order valence-corrected chi connectivity index (χ1v) is 8.25. The van der Waals surface area contributed by atoms with Gasteiger partial charge in [-0.25, -0.2) is 0 Å². The minimum atomic E-state index is -1.22. The van der Waals surface area contributed by atoms with E-state index in [1.54, 1.807) is 0 Å². The quantitative estimate of drug-likeness (QED) is 0.633. The number of aliphatic carboxylic acids is 1. The number of carbonyl (C=O) groups is 2. The van der Waals surface area contributed by atoms with Crippen LogP contribution < -0.4 is 5.11 Å². The number of nitrogens with zero attached hydrogens (tertiary/aromatic N) is 1. The Morgan fingerprint density at radius 2 is 1.65 bits per heavy atom. The molecule has 1 aliphatic carbocycles. The molecule has 0 saturated heterocycles. The van der Waals surface area contributed by atoms with E-state index < -0.39 is 30.3 Å². The van der Waals surface area contributed by atoms with Gasteiger partial charge in [-0.3, -0.25) is 14.6 Å². The molecule has 0 radical (unpaired) electrons. The second-order valence-corrected chi connectivity index (χ2v) is 6.16. The molecule has 0 saturated carbocycles. The Morgan fingerprint density at radius 3 is 2.15 bits per heavy atom. The molecule has 6 nitrogen and oxygen atoms in total. The maximum absolute atomic E-state index is 12.0. The highest BCUT2D eigenvalue weighted by Crippen LogP contribution is 2.44. The van der Waals surface area contributed by atoms with Crippen molar-refractivity contribution in [2.24, 2.45) is 4.99 Å². The summed E-state index contributed by atoms with van der Waals surface area (Å²) in [6.45, 7) is 1.28. The molecule has 1 N–H and O–H groups in total. The van der Waals surface area contributed by atoms with Crippen molar-refractivity contribution in [2.45, 2.75) is 25.3 Å². The van der Waals surface area contributed by atoms with Crippen LogP contribution in [0.4, 0.5) is 0 Å². The first-order chi connectivity index (χ1) is 12.5. The Hall–Kier alpha value is -3.15. The molecule has 0 bridgehead atoms. The van der Waals surface area contributed by atoms with Crippen LogP contribution in [0.2, 0.25) is 0 Å². The van der Waals surface area contributed by atoms with Gasteiger partial charge in [-0.15, -0.1) is 0 Å². The molecule has 1 atom stereocenters. The standard InChI is InChI=1S/C20H19NO5/c1-12(22)18(10-19(23)24)21-20(25)26-11-17-15-8-4-2-6-13(15)14-7-3-5-9-16(14)17/h2-9,17-18H,10-11H2,1H3,(H,21,25)(H,23,24)/p-1. The van der Waals surface area contributed by atoms with Crippen LogP contribution in [0, 0.1) is 0 Å². The zero-order valence-electron chi connectivity index (χ0n) is 14.2. The molecule has 0 aliphatic heterocycles. The van der Waals surface area contributed by atoms with E-state index in [-0.39, 0.29) is 12.5 Å². The molecule has 0 spiro atoms. The largest absolute Gasteiger partial charge is 0.599 e. The number of Topliss-reactive ketones (excluding diaryl/α,β-unsaturated/α-hetero) is 1.